The van der Waals surface area contributed by atoms with E-state index in [0.29, 0.717) is 17.3 Å². The van der Waals surface area contributed by atoms with Crippen molar-refractivity contribution >= 4 is 29.1 Å². The Bertz CT molecular complexity index is 822. The molecule has 0 radical (unpaired) electrons. The van der Waals surface area contributed by atoms with Crippen molar-refractivity contribution in [2.45, 2.75) is 11.7 Å². The maximum atomic E-state index is 12.0. The summed E-state index contributed by atoms with van der Waals surface area (Å²) in [5.74, 6) is 0.366. The van der Waals surface area contributed by atoms with Crippen molar-refractivity contribution in [3.05, 3.63) is 59.7 Å². The zero-order chi connectivity index (χ0) is 17.6. The fourth-order valence-electron chi connectivity index (χ4n) is 2.34. The topological polar surface area (TPSA) is 83.3 Å². The highest BCUT2D eigenvalue weighted by Gasteiger charge is 2.30. The van der Waals surface area contributed by atoms with Gasteiger partial charge in [0.1, 0.15) is 0 Å². The first-order chi connectivity index (χ1) is 12.2. The lowest BCUT2D eigenvalue weighted by atomic mass is 10.1. The van der Waals surface area contributed by atoms with Crippen molar-refractivity contribution in [1.82, 2.24) is 5.32 Å². The van der Waals surface area contributed by atoms with Crippen molar-refractivity contribution in [2.75, 3.05) is 7.11 Å². The SMILES string of the molecule is COc1cc(/C=N/N=C2/NC(=O)[C@@H](Cc3ccccc3)S2)ccc1O. The number of ether oxygens (including phenoxy) is 1. The number of methoxy groups -OCH3 is 1. The van der Waals surface area contributed by atoms with Crippen LogP contribution in [0.5, 0.6) is 11.5 Å². The van der Waals surface area contributed by atoms with Crippen LogP contribution in [0.15, 0.2) is 58.7 Å². The number of thioether (sulfide) groups is 1. The second kappa shape index (κ2) is 7.85. The summed E-state index contributed by atoms with van der Waals surface area (Å²) in [4.78, 5) is 12.0. The van der Waals surface area contributed by atoms with Crippen LogP contribution >= 0.6 is 11.8 Å². The molecule has 0 saturated carbocycles. The summed E-state index contributed by atoms with van der Waals surface area (Å²) < 4.78 is 5.04. The number of rotatable bonds is 5. The third-order valence-corrected chi connectivity index (χ3v) is 4.67. The predicted octanol–water partition coefficient (Wildman–Crippen LogP) is 2.57. The molecule has 128 valence electrons. The number of carbonyl (C=O) groups is 1. The number of phenols is 1. The molecule has 2 N–H and O–H groups in total. The number of hydrogen-bond acceptors (Lipinski definition) is 6. The number of nitrogens with zero attached hydrogens (tertiary/aromatic N) is 2. The second-order valence-electron chi connectivity index (χ2n) is 5.37. The van der Waals surface area contributed by atoms with Crippen molar-refractivity contribution in [3.63, 3.8) is 0 Å². The minimum atomic E-state index is -0.204. The minimum absolute atomic E-state index is 0.0610. The second-order valence-corrected chi connectivity index (χ2v) is 6.56. The van der Waals surface area contributed by atoms with E-state index in [-0.39, 0.29) is 16.9 Å². The van der Waals surface area contributed by atoms with Gasteiger partial charge in [0, 0.05) is 0 Å². The lowest BCUT2D eigenvalue weighted by Gasteiger charge is -2.04. The molecule has 7 heteroatoms. The molecule has 6 nitrogen and oxygen atoms in total. The third kappa shape index (κ3) is 4.39. The normalized spacial score (nSPS) is 18.7. The molecule has 1 aliphatic rings. The molecule has 25 heavy (non-hydrogen) atoms. The van der Waals surface area contributed by atoms with Crippen LogP contribution in [0, 0.1) is 0 Å². The van der Waals surface area contributed by atoms with Gasteiger partial charge in [0.25, 0.3) is 0 Å². The number of amidine groups is 1. The van der Waals surface area contributed by atoms with Gasteiger partial charge in [-0.2, -0.15) is 5.10 Å². The lowest BCUT2D eigenvalue weighted by molar-refractivity contribution is -0.118. The highest BCUT2D eigenvalue weighted by atomic mass is 32.2. The van der Waals surface area contributed by atoms with Crippen molar-refractivity contribution < 1.29 is 14.6 Å². The van der Waals surface area contributed by atoms with Crippen LogP contribution < -0.4 is 10.1 Å². The molecular weight excluding hydrogens is 338 g/mol. The van der Waals surface area contributed by atoms with Crippen LogP contribution in [0.3, 0.4) is 0 Å². The molecule has 0 spiro atoms. The molecule has 1 heterocycles. The molecule has 0 aromatic heterocycles. The number of amides is 1. The van der Waals surface area contributed by atoms with Crippen LogP contribution in [0.25, 0.3) is 0 Å². The molecule has 1 aliphatic heterocycles. The van der Waals surface area contributed by atoms with E-state index in [1.165, 1.54) is 31.2 Å². The van der Waals surface area contributed by atoms with E-state index in [4.69, 9.17) is 4.74 Å². The van der Waals surface area contributed by atoms with E-state index in [1.807, 2.05) is 30.3 Å². The largest absolute Gasteiger partial charge is 0.504 e. The van der Waals surface area contributed by atoms with E-state index in [9.17, 15) is 9.90 Å². The number of phenolic OH excluding ortho intramolecular Hbond substituents is 1. The number of benzene rings is 2. The first kappa shape index (κ1) is 17.0. The number of aromatic hydroxyl groups is 1. The fraction of sp³-hybridized carbons (Fsp3) is 0.167. The van der Waals surface area contributed by atoms with Gasteiger partial charge in [-0.3, -0.25) is 4.79 Å². The predicted molar refractivity (Wildman–Crippen MR) is 99.4 cm³/mol. The quantitative estimate of drug-likeness (QED) is 0.638. The molecule has 1 fully saturated rings. The van der Waals surface area contributed by atoms with Crippen LogP contribution in [-0.4, -0.2) is 34.8 Å². The van der Waals surface area contributed by atoms with Crippen LogP contribution in [-0.2, 0) is 11.2 Å². The van der Waals surface area contributed by atoms with E-state index >= 15 is 0 Å². The zero-order valence-electron chi connectivity index (χ0n) is 13.5. The number of hydrogen-bond donors (Lipinski definition) is 2. The average molecular weight is 355 g/mol. The Morgan fingerprint density at radius 3 is 2.84 bits per heavy atom. The molecule has 0 bridgehead atoms. The van der Waals surface area contributed by atoms with Crippen molar-refractivity contribution in [2.24, 2.45) is 10.2 Å². The van der Waals surface area contributed by atoms with E-state index in [0.717, 1.165) is 11.1 Å². The third-order valence-electron chi connectivity index (χ3n) is 3.60. The van der Waals surface area contributed by atoms with Gasteiger partial charge in [-0.25, -0.2) is 0 Å². The summed E-state index contributed by atoms with van der Waals surface area (Å²) in [6, 6.07) is 14.7. The minimum Gasteiger partial charge on any atom is -0.504 e. The van der Waals surface area contributed by atoms with E-state index in [2.05, 4.69) is 15.5 Å². The average Bonchev–Trinajstić information content (AvgIpc) is 2.97. The smallest absolute Gasteiger partial charge is 0.239 e. The maximum Gasteiger partial charge on any atom is 0.239 e. The maximum absolute atomic E-state index is 12.0. The summed E-state index contributed by atoms with van der Waals surface area (Å²) in [6.45, 7) is 0. The highest BCUT2D eigenvalue weighted by molar-refractivity contribution is 8.15. The highest BCUT2D eigenvalue weighted by Crippen LogP contribution is 2.26. The first-order valence-electron chi connectivity index (χ1n) is 7.65. The Kier molecular flexibility index (Phi) is 5.35. The first-order valence-corrected chi connectivity index (χ1v) is 8.53. The van der Waals surface area contributed by atoms with Crippen molar-refractivity contribution in [3.8, 4) is 11.5 Å². The van der Waals surface area contributed by atoms with Crippen LogP contribution in [0.1, 0.15) is 11.1 Å². The number of carbonyl (C=O) groups excluding carboxylic acids is 1. The Balaban J connectivity index is 1.64. The molecule has 3 rings (SSSR count). The Hall–Kier alpha value is -2.80. The summed E-state index contributed by atoms with van der Waals surface area (Å²) >= 11 is 1.37. The fourth-order valence-corrected chi connectivity index (χ4v) is 3.30. The van der Waals surface area contributed by atoms with Gasteiger partial charge in [-0.1, -0.05) is 42.1 Å². The summed E-state index contributed by atoms with van der Waals surface area (Å²) in [5.41, 5.74) is 1.84. The molecule has 1 saturated heterocycles. The van der Waals surface area contributed by atoms with Gasteiger partial charge in [-0.05, 0) is 35.7 Å². The van der Waals surface area contributed by atoms with Gasteiger partial charge in [0.15, 0.2) is 16.7 Å². The standard InChI is InChI=1S/C18H17N3O3S/c1-24-15-9-13(7-8-14(15)22)11-19-21-18-20-17(23)16(25-18)10-12-5-3-2-4-6-12/h2-9,11,16,22H,10H2,1H3,(H,20,21,23)/b19-11+/t16-/m1/s1. The van der Waals surface area contributed by atoms with Gasteiger partial charge < -0.3 is 15.2 Å². The van der Waals surface area contributed by atoms with E-state index < -0.39 is 0 Å². The van der Waals surface area contributed by atoms with Gasteiger partial charge in [-0.15, -0.1) is 5.10 Å². The van der Waals surface area contributed by atoms with Crippen molar-refractivity contribution in [1.29, 1.82) is 0 Å². The lowest BCUT2D eigenvalue weighted by Crippen LogP contribution is -2.25. The number of nitrogens with one attached hydrogen (secondary N) is 1. The summed E-state index contributed by atoms with van der Waals surface area (Å²) in [7, 11) is 1.48. The van der Waals surface area contributed by atoms with Gasteiger partial charge >= 0.3 is 0 Å². The molecule has 1 atom stereocenters. The van der Waals surface area contributed by atoms with Gasteiger partial charge in [0.05, 0.1) is 18.6 Å². The van der Waals surface area contributed by atoms with E-state index in [1.54, 1.807) is 12.1 Å². The van der Waals surface area contributed by atoms with Crippen LogP contribution in [0.4, 0.5) is 0 Å². The molecule has 0 aliphatic carbocycles. The zero-order valence-corrected chi connectivity index (χ0v) is 14.4. The molecule has 0 unspecified atom stereocenters. The molecule has 2 aromatic carbocycles. The van der Waals surface area contributed by atoms with Crippen LogP contribution in [0.2, 0.25) is 0 Å². The molecular formula is C18H17N3O3S. The monoisotopic (exact) mass is 355 g/mol. The summed E-state index contributed by atoms with van der Waals surface area (Å²) in [5, 5.41) is 20.6. The Morgan fingerprint density at radius 1 is 1.28 bits per heavy atom. The Labute approximate surface area is 149 Å². The Morgan fingerprint density at radius 2 is 2.08 bits per heavy atom. The molecule has 2 aromatic rings. The summed E-state index contributed by atoms with van der Waals surface area (Å²) in [6.07, 6.45) is 2.18. The molecule has 1 amide bonds. The van der Waals surface area contributed by atoms with Gasteiger partial charge in [0.2, 0.25) is 5.91 Å².